The third-order valence-corrected chi connectivity index (χ3v) is 2.36. The summed E-state index contributed by atoms with van der Waals surface area (Å²) in [4.78, 5) is 11.1. The molecule has 14 heavy (non-hydrogen) atoms. The molecule has 0 bridgehead atoms. The van der Waals surface area contributed by atoms with Crippen LogP contribution in [-0.4, -0.2) is 29.6 Å². The molecule has 3 nitrogen and oxygen atoms in total. The third-order valence-electron chi connectivity index (χ3n) is 1.46. The Morgan fingerprint density at radius 1 is 1.64 bits per heavy atom. The van der Waals surface area contributed by atoms with Gasteiger partial charge in [-0.2, -0.15) is 0 Å². The van der Waals surface area contributed by atoms with Gasteiger partial charge in [0.1, 0.15) is 0 Å². The number of anilines is 1. The molecular formula is C9H9AsClNO2. The first-order chi connectivity index (χ1) is 6.63. The van der Waals surface area contributed by atoms with Crippen LogP contribution in [0.5, 0.6) is 0 Å². The predicted octanol–water partition coefficient (Wildman–Crippen LogP) is 1.70. The van der Waals surface area contributed by atoms with E-state index in [1.807, 2.05) is 6.07 Å². The van der Waals surface area contributed by atoms with Gasteiger partial charge in [-0.25, -0.2) is 0 Å². The predicted molar refractivity (Wildman–Crippen MR) is 57.5 cm³/mol. The van der Waals surface area contributed by atoms with E-state index in [1.54, 1.807) is 19.1 Å². The van der Waals surface area contributed by atoms with Crippen LogP contribution in [0, 0.1) is 0 Å². The Morgan fingerprint density at radius 2 is 2.36 bits per heavy atom. The quantitative estimate of drug-likeness (QED) is 0.833. The van der Waals surface area contributed by atoms with Crippen molar-refractivity contribution in [3.8, 4) is 0 Å². The van der Waals surface area contributed by atoms with Gasteiger partial charge >= 0.3 is 96.2 Å². The van der Waals surface area contributed by atoms with Crippen molar-refractivity contribution in [3.63, 3.8) is 0 Å². The molecule has 0 atom stereocenters. The Bertz CT molecular complexity index is 344. The fraction of sp³-hybridized carbons (Fsp3) is 0.222. The second-order valence-corrected chi connectivity index (χ2v) is 4.00. The molecule has 0 aliphatic rings. The van der Waals surface area contributed by atoms with E-state index in [1.165, 1.54) is 0 Å². The fourth-order valence-corrected chi connectivity index (χ4v) is 1.70. The maximum absolute atomic E-state index is 11.1. The zero-order valence-corrected chi connectivity index (χ0v) is 10.2. The number of carbonyl (C=O) groups is 1. The number of rotatable bonds is 2. The van der Waals surface area contributed by atoms with E-state index < -0.39 is 6.09 Å². The number of hydrogen-bond acceptors (Lipinski definition) is 2. The van der Waals surface area contributed by atoms with E-state index in [-0.39, 0.29) is 0 Å². The van der Waals surface area contributed by atoms with E-state index in [0.29, 0.717) is 17.3 Å². The van der Waals surface area contributed by atoms with Crippen LogP contribution >= 0.6 is 11.6 Å². The summed E-state index contributed by atoms with van der Waals surface area (Å²) < 4.78 is 5.70. The van der Waals surface area contributed by atoms with E-state index in [4.69, 9.17) is 16.3 Å². The number of amides is 1. The number of ether oxygens (including phenoxy) is 1. The molecule has 0 aliphatic heterocycles. The van der Waals surface area contributed by atoms with Crippen LogP contribution in [0.25, 0.3) is 0 Å². The summed E-state index contributed by atoms with van der Waals surface area (Å²) >= 11 is 8.27. The third kappa shape index (κ3) is 3.24. The molecule has 1 aromatic carbocycles. The number of halogens is 1. The molecule has 1 aromatic rings. The standard InChI is InChI=1S/C9H9AsClNO2/c1-2-14-9(13)12-8-4-3-6(10)5-7(8)11/h3-5H,2H2,1H3,(H,12,13). The number of nitrogens with one attached hydrogen (secondary N) is 1. The van der Waals surface area contributed by atoms with E-state index in [2.05, 4.69) is 22.2 Å². The summed E-state index contributed by atoms with van der Waals surface area (Å²) in [5, 5.41) is 3.03. The van der Waals surface area contributed by atoms with Crippen LogP contribution in [0.1, 0.15) is 6.92 Å². The number of benzene rings is 1. The number of carbonyl (C=O) groups excluding carboxylic acids is 1. The van der Waals surface area contributed by atoms with Crippen LogP contribution in [-0.2, 0) is 4.74 Å². The fourth-order valence-electron chi connectivity index (χ4n) is 0.883. The summed E-state index contributed by atoms with van der Waals surface area (Å²) in [7, 11) is 0. The van der Waals surface area contributed by atoms with Crippen LogP contribution in [0.15, 0.2) is 18.2 Å². The molecule has 1 N–H and O–H groups in total. The molecule has 0 saturated carbocycles. The second-order valence-electron chi connectivity index (χ2n) is 2.51. The molecule has 0 heterocycles. The van der Waals surface area contributed by atoms with Crippen molar-refractivity contribution in [3.05, 3.63) is 23.2 Å². The van der Waals surface area contributed by atoms with Gasteiger partial charge in [-0.3, -0.25) is 0 Å². The minimum atomic E-state index is -0.493. The van der Waals surface area contributed by atoms with Gasteiger partial charge in [-0.15, -0.1) is 0 Å². The first-order valence-corrected chi connectivity index (χ1v) is 5.37. The van der Waals surface area contributed by atoms with Gasteiger partial charge in [0.2, 0.25) is 0 Å². The Hall–Kier alpha value is -0.662. The molecule has 0 aliphatic carbocycles. The van der Waals surface area contributed by atoms with Crippen molar-refractivity contribution in [1.82, 2.24) is 0 Å². The van der Waals surface area contributed by atoms with Crippen LogP contribution in [0.3, 0.4) is 0 Å². The second kappa shape index (κ2) is 5.28. The molecular weight excluding hydrogens is 264 g/mol. The summed E-state index contributed by atoms with van der Waals surface area (Å²) in [6.45, 7) is 2.08. The zero-order chi connectivity index (χ0) is 10.6. The summed E-state index contributed by atoms with van der Waals surface area (Å²) in [6.07, 6.45) is -0.493. The maximum atomic E-state index is 11.1. The van der Waals surface area contributed by atoms with Gasteiger partial charge in [-0.1, -0.05) is 0 Å². The molecule has 0 saturated heterocycles. The first kappa shape index (κ1) is 11.4. The van der Waals surface area contributed by atoms with Gasteiger partial charge in [0.15, 0.2) is 0 Å². The molecule has 0 unspecified atom stereocenters. The Morgan fingerprint density at radius 3 is 2.93 bits per heavy atom. The van der Waals surface area contributed by atoms with Gasteiger partial charge in [0.25, 0.3) is 0 Å². The summed E-state index contributed by atoms with van der Waals surface area (Å²) in [6, 6.07) is 5.32. The van der Waals surface area contributed by atoms with Gasteiger partial charge in [0, 0.05) is 0 Å². The minimum absolute atomic E-state index is 0.339. The van der Waals surface area contributed by atoms with E-state index in [0.717, 1.165) is 4.35 Å². The van der Waals surface area contributed by atoms with Crippen molar-refractivity contribution in [2.45, 2.75) is 6.92 Å². The molecule has 0 fully saturated rings. The zero-order valence-electron chi connectivity index (χ0n) is 7.58. The van der Waals surface area contributed by atoms with E-state index >= 15 is 0 Å². The Labute approximate surface area is 96.3 Å². The molecule has 74 valence electrons. The van der Waals surface area contributed by atoms with Crippen LogP contribution in [0.2, 0.25) is 5.02 Å². The van der Waals surface area contributed by atoms with Gasteiger partial charge < -0.3 is 0 Å². The van der Waals surface area contributed by atoms with Crippen molar-refractivity contribution >= 4 is 44.6 Å². The van der Waals surface area contributed by atoms with Crippen molar-refractivity contribution < 1.29 is 9.53 Å². The Kier molecular flexibility index (Phi) is 4.30. The van der Waals surface area contributed by atoms with E-state index in [9.17, 15) is 4.79 Å². The molecule has 5 heteroatoms. The normalized spacial score (nSPS) is 9.64. The summed E-state index contributed by atoms with van der Waals surface area (Å²) in [5.74, 6) is 0. The monoisotopic (exact) mass is 273 g/mol. The molecule has 0 spiro atoms. The van der Waals surface area contributed by atoms with Gasteiger partial charge in [-0.05, 0) is 0 Å². The van der Waals surface area contributed by atoms with Crippen LogP contribution in [0.4, 0.5) is 10.5 Å². The average Bonchev–Trinajstić information content (AvgIpc) is 2.10. The average molecular weight is 274 g/mol. The molecule has 0 aromatic heterocycles. The van der Waals surface area contributed by atoms with Crippen molar-refractivity contribution in [1.29, 1.82) is 0 Å². The first-order valence-electron chi connectivity index (χ1n) is 4.05. The van der Waals surface area contributed by atoms with Crippen LogP contribution < -0.4 is 9.67 Å². The molecule has 2 radical (unpaired) electrons. The molecule has 1 amide bonds. The SMILES string of the molecule is CCOC(=O)Nc1ccc([As])cc1Cl. The Balaban J connectivity index is 2.72. The van der Waals surface area contributed by atoms with Crippen molar-refractivity contribution in [2.24, 2.45) is 0 Å². The van der Waals surface area contributed by atoms with Gasteiger partial charge in [0.05, 0.1) is 0 Å². The van der Waals surface area contributed by atoms with Crippen molar-refractivity contribution in [2.75, 3.05) is 11.9 Å². The molecule has 1 rings (SSSR count). The number of hydrogen-bond donors (Lipinski definition) is 1. The topological polar surface area (TPSA) is 38.3 Å². The summed E-state index contributed by atoms with van der Waals surface area (Å²) in [5.41, 5.74) is 0.555.